The molecular formula is C24H30N2O5. The molecule has 3 rings (SSSR count). The maximum atomic E-state index is 12.9. The number of carbonyl (C=O) groups is 2. The molecule has 1 aromatic heterocycles. The lowest BCUT2D eigenvalue weighted by Crippen LogP contribution is -2.37. The normalized spacial score (nSPS) is 18.4. The fraction of sp³-hybridized carbons (Fsp3) is 0.417. The van der Waals surface area contributed by atoms with Crippen LogP contribution in [0.4, 0.5) is 0 Å². The molecule has 31 heavy (non-hydrogen) atoms. The Labute approximate surface area is 182 Å². The highest BCUT2D eigenvalue weighted by atomic mass is 16.5. The van der Waals surface area contributed by atoms with Crippen LogP contribution in [0.5, 0.6) is 5.75 Å². The summed E-state index contributed by atoms with van der Waals surface area (Å²) in [6.45, 7) is 10.6. The molecule has 2 heterocycles. The molecule has 166 valence electrons. The molecular weight excluding hydrogens is 396 g/mol. The third-order valence-electron chi connectivity index (χ3n) is 5.40. The lowest BCUT2D eigenvalue weighted by molar-refractivity contribution is -0.140. The molecule has 1 aliphatic rings. The molecule has 0 radical (unpaired) electrons. The molecule has 0 aliphatic carbocycles. The van der Waals surface area contributed by atoms with Gasteiger partial charge >= 0.3 is 0 Å². The standard InChI is InChI=1S/C24H30N2O5/c1-5-25(6-2)13-14-26-21(19-8-7-15-30-19)20(23(28)24(26)29)22(27)17-9-11-18(12-10-17)31-16(3)4/h7-12,15-16,21,27H,5-6,13-14H2,1-4H3/t21-/m0/s1. The van der Waals surface area contributed by atoms with Crippen molar-refractivity contribution in [2.45, 2.75) is 39.8 Å². The predicted octanol–water partition coefficient (Wildman–Crippen LogP) is 3.83. The van der Waals surface area contributed by atoms with Crippen LogP contribution in [0.2, 0.25) is 0 Å². The number of nitrogens with zero attached hydrogens (tertiary/aromatic N) is 2. The average Bonchev–Trinajstić information content (AvgIpc) is 3.36. The molecule has 1 atom stereocenters. The average molecular weight is 427 g/mol. The van der Waals surface area contributed by atoms with Crippen LogP contribution in [0.3, 0.4) is 0 Å². The largest absolute Gasteiger partial charge is 0.507 e. The summed E-state index contributed by atoms with van der Waals surface area (Å²) in [6.07, 6.45) is 1.52. The summed E-state index contributed by atoms with van der Waals surface area (Å²) >= 11 is 0. The van der Waals surface area contributed by atoms with Gasteiger partial charge in [-0.15, -0.1) is 0 Å². The number of carbonyl (C=O) groups excluding carboxylic acids is 2. The number of rotatable bonds is 9. The van der Waals surface area contributed by atoms with E-state index in [2.05, 4.69) is 4.90 Å². The molecule has 0 spiro atoms. The van der Waals surface area contributed by atoms with Gasteiger partial charge in [0.2, 0.25) is 0 Å². The third-order valence-corrected chi connectivity index (χ3v) is 5.40. The number of hydrogen-bond donors (Lipinski definition) is 1. The van der Waals surface area contributed by atoms with E-state index in [-0.39, 0.29) is 17.4 Å². The number of benzene rings is 1. The summed E-state index contributed by atoms with van der Waals surface area (Å²) in [7, 11) is 0. The van der Waals surface area contributed by atoms with E-state index in [1.54, 1.807) is 36.4 Å². The molecule has 2 aromatic rings. The summed E-state index contributed by atoms with van der Waals surface area (Å²) in [5.41, 5.74) is 0.478. The van der Waals surface area contributed by atoms with Crippen molar-refractivity contribution < 1.29 is 23.8 Å². The highest BCUT2D eigenvalue weighted by Gasteiger charge is 2.47. The number of Topliss-reactive ketones (excluding diaryl/α,β-unsaturated/α-hetero) is 1. The highest BCUT2D eigenvalue weighted by molar-refractivity contribution is 6.46. The van der Waals surface area contributed by atoms with E-state index in [9.17, 15) is 14.7 Å². The zero-order valence-corrected chi connectivity index (χ0v) is 18.5. The second-order valence-electron chi connectivity index (χ2n) is 7.73. The van der Waals surface area contributed by atoms with E-state index < -0.39 is 17.7 Å². The maximum absolute atomic E-state index is 12.9. The first-order valence-corrected chi connectivity index (χ1v) is 10.7. The van der Waals surface area contributed by atoms with E-state index in [0.717, 1.165) is 13.1 Å². The molecule has 7 nitrogen and oxygen atoms in total. The minimum Gasteiger partial charge on any atom is -0.507 e. The van der Waals surface area contributed by atoms with E-state index in [4.69, 9.17) is 9.15 Å². The van der Waals surface area contributed by atoms with Crippen LogP contribution >= 0.6 is 0 Å². The van der Waals surface area contributed by atoms with Crippen LogP contribution in [0.25, 0.3) is 5.76 Å². The van der Waals surface area contributed by atoms with Gasteiger partial charge in [-0.1, -0.05) is 13.8 Å². The van der Waals surface area contributed by atoms with Crippen molar-refractivity contribution >= 4 is 17.4 Å². The molecule has 1 amide bonds. The van der Waals surface area contributed by atoms with Crippen molar-refractivity contribution in [2.24, 2.45) is 0 Å². The number of ketones is 1. The smallest absolute Gasteiger partial charge is 0.295 e. The Morgan fingerprint density at radius 3 is 2.39 bits per heavy atom. The number of amides is 1. The first-order chi connectivity index (χ1) is 14.9. The van der Waals surface area contributed by atoms with Gasteiger partial charge in [0.1, 0.15) is 23.3 Å². The van der Waals surface area contributed by atoms with Gasteiger partial charge in [0.15, 0.2) is 0 Å². The van der Waals surface area contributed by atoms with Gasteiger partial charge in [-0.05, 0) is 63.3 Å². The zero-order valence-electron chi connectivity index (χ0n) is 18.5. The van der Waals surface area contributed by atoms with Gasteiger partial charge in [0.25, 0.3) is 11.7 Å². The first kappa shape index (κ1) is 22.6. The summed E-state index contributed by atoms with van der Waals surface area (Å²) < 4.78 is 11.2. The topological polar surface area (TPSA) is 83.2 Å². The van der Waals surface area contributed by atoms with E-state index in [0.29, 0.717) is 30.2 Å². The molecule has 7 heteroatoms. The van der Waals surface area contributed by atoms with Gasteiger partial charge in [-0.3, -0.25) is 9.59 Å². The summed E-state index contributed by atoms with van der Waals surface area (Å²) in [6, 6.07) is 9.47. The minimum absolute atomic E-state index is 0.0227. The van der Waals surface area contributed by atoms with Crippen molar-refractivity contribution in [3.63, 3.8) is 0 Å². The Bertz CT molecular complexity index is 927. The number of hydrogen-bond acceptors (Lipinski definition) is 6. The molecule has 1 aromatic carbocycles. The quantitative estimate of drug-likeness (QED) is 0.373. The molecule has 1 fully saturated rings. The zero-order chi connectivity index (χ0) is 22.5. The predicted molar refractivity (Wildman–Crippen MR) is 118 cm³/mol. The fourth-order valence-electron chi connectivity index (χ4n) is 3.76. The van der Waals surface area contributed by atoms with E-state index in [1.165, 1.54) is 11.2 Å². The Balaban J connectivity index is 1.98. The summed E-state index contributed by atoms with van der Waals surface area (Å²) in [4.78, 5) is 29.5. The lowest BCUT2D eigenvalue weighted by atomic mass is 9.99. The van der Waals surface area contributed by atoms with Crippen LogP contribution in [-0.4, -0.2) is 58.9 Å². The number of aliphatic hydroxyl groups is 1. The van der Waals surface area contributed by atoms with Gasteiger partial charge in [-0.25, -0.2) is 0 Å². The summed E-state index contributed by atoms with van der Waals surface area (Å²) in [5, 5.41) is 11.0. The Morgan fingerprint density at radius 2 is 1.84 bits per heavy atom. The minimum atomic E-state index is -0.767. The van der Waals surface area contributed by atoms with Gasteiger partial charge in [0, 0.05) is 18.7 Å². The Hall–Kier alpha value is -3.06. The molecule has 1 aliphatic heterocycles. The molecule has 0 saturated carbocycles. The molecule has 1 saturated heterocycles. The van der Waals surface area contributed by atoms with Gasteiger partial charge in [-0.2, -0.15) is 0 Å². The van der Waals surface area contributed by atoms with Crippen LogP contribution in [0, 0.1) is 0 Å². The second kappa shape index (κ2) is 9.83. The third kappa shape index (κ3) is 4.82. The van der Waals surface area contributed by atoms with Crippen molar-refractivity contribution in [3.05, 3.63) is 59.6 Å². The number of aliphatic hydroxyl groups excluding tert-OH is 1. The van der Waals surface area contributed by atoms with Crippen molar-refractivity contribution in [3.8, 4) is 5.75 Å². The van der Waals surface area contributed by atoms with Gasteiger partial charge < -0.3 is 24.1 Å². The second-order valence-corrected chi connectivity index (χ2v) is 7.73. The SMILES string of the molecule is CCN(CC)CCN1C(=O)C(=O)C(=C(O)c2ccc(OC(C)C)cc2)[C@@H]1c1ccco1. The van der Waals surface area contributed by atoms with Crippen LogP contribution < -0.4 is 4.74 Å². The molecule has 1 N–H and O–H groups in total. The lowest BCUT2D eigenvalue weighted by Gasteiger charge is -2.26. The van der Waals surface area contributed by atoms with Crippen LogP contribution in [0.1, 0.15) is 45.1 Å². The molecule has 0 unspecified atom stereocenters. The van der Waals surface area contributed by atoms with Crippen molar-refractivity contribution in [2.75, 3.05) is 26.2 Å². The fourth-order valence-corrected chi connectivity index (χ4v) is 3.76. The highest BCUT2D eigenvalue weighted by Crippen LogP contribution is 2.39. The van der Waals surface area contributed by atoms with Crippen LogP contribution in [0.15, 0.2) is 52.7 Å². The summed E-state index contributed by atoms with van der Waals surface area (Å²) in [5.74, 6) is -0.453. The Kier molecular flexibility index (Phi) is 7.17. The number of likely N-dealkylation sites (N-methyl/N-ethyl adjacent to an activating group) is 1. The maximum Gasteiger partial charge on any atom is 0.295 e. The number of likely N-dealkylation sites (tertiary alicyclic amines) is 1. The number of furan rings is 1. The Morgan fingerprint density at radius 1 is 1.16 bits per heavy atom. The van der Waals surface area contributed by atoms with Gasteiger partial charge in [0.05, 0.1) is 17.9 Å². The van der Waals surface area contributed by atoms with Crippen molar-refractivity contribution in [1.29, 1.82) is 0 Å². The van der Waals surface area contributed by atoms with E-state index in [1.807, 2.05) is 27.7 Å². The first-order valence-electron chi connectivity index (χ1n) is 10.7. The monoisotopic (exact) mass is 426 g/mol. The van der Waals surface area contributed by atoms with Crippen LogP contribution in [-0.2, 0) is 9.59 Å². The van der Waals surface area contributed by atoms with Crippen molar-refractivity contribution in [1.82, 2.24) is 9.80 Å². The van der Waals surface area contributed by atoms with E-state index >= 15 is 0 Å². The molecule has 0 bridgehead atoms. The number of ether oxygens (including phenoxy) is 1.